The molecule has 3 nitrogen and oxygen atoms in total. The fourth-order valence-corrected chi connectivity index (χ4v) is 5.48. The molecule has 0 aliphatic carbocycles. The van der Waals surface area contributed by atoms with Crippen LogP contribution in [-0.4, -0.2) is 35.1 Å². The molecule has 5 heteroatoms. The molecular formula is C28H54ClNO2S. The van der Waals surface area contributed by atoms with Crippen LogP contribution in [0.1, 0.15) is 142 Å². The molecular weight excluding hydrogens is 450 g/mol. The molecule has 0 heterocycles. The number of alkyl halides is 1. The third-order valence-electron chi connectivity index (χ3n) is 6.32. The van der Waals surface area contributed by atoms with E-state index in [1.54, 1.807) is 11.8 Å². The van der Waals surface area contributed by atoms with Gasteiger partial charge in [-0.1, -0.05) is 129 Å². The van der Waals surface area contributed by atoms with Crippen molar-refractivity contribution < 1.29 is 9.59 Å². The minimum Gasteiger partial charge on any atom is -0.346 e. The lowest BCUT2D eigenvalue weighted by Crippen LogP contribution is -2.42. The Labute approximate surface area is 215 Å². The van der Waals surface area contributed by atoms with Gasteiger partial charge in [0.05, 0.1) is 11.9 Å². The molecule has 0 aromatic carbocycles. The van der Waals surface area contributed by atoms with Gasteiger partial charge in [-0.2, -0.15) is 11.8 Å². The average molecular weight is 504 g/mol. The Bertz CT molecular complexity index is 448. The Morgan fingerprint density at radius 1 is 0.667 bits per heavy atom. The highest BCUT2D eigenvalue weighted by atomic mass is 35.5. The largest absolute Gasteiger partial charge is 0.346 e. The van der Waals surface area contributed by atoms with Crippen molar-refractivity contribution in [1.82, 2.24) is 5.32 Å². The van der Waals surface area contributed by atoms with Crippen LogP contribution in [0.25, 0.3) is 0 Å². The van der Waals surface area contributed by atoms with Crippen molar-refractivity contribution in [2.24, 2.45) is 0 Å². The zero-order valence-corrected chi connectivity index (χ0v) is 23.5. The summed E-state index contributed by atoms with van der Waals surface area (Å²) < 4.78 is 0. The zero-order chi connectivity index (χ0) is 24.4. The number of hydrogen-bond acceptors (Lipinski definition) is 3. The number of thioether (sulfide) groups is 1. The monoisotopic (exact) mass is 503 g/mol. The van der Waals surface area contributed by atoms with E-state index in [0.717, 1.165) is 5.75 Å². The first-order chi connectivity index (χ1) is 16.1. The van der Waals surface area contributed by atoms with Gasteiger partial charge in [0.25, 0.3) is 0 Å². The molecule has 0 aliphatic heterocycles. The maximum absolute atomic E-state index is 11.7. The third kappa shape index (κ3) is 24.7. The Morgan fingerprint density at radius 2 is 1.03 bits per heavy atom. The molecule has 0 fully saturated rings. The number of unbranched alkanes of at least 4 members (excludes halogenated alkanes) is 19. The average Bonchev–Trinajstić information content (AvgIpc) is 2.80. The molecule has 0 spiro atoms. The summed E-state index contributed by atoms with van der Waals surface area (Å²) in [5.41, 5.74) is 0. The van der Waals surface area contributed by atoms with Crippen LogP contribution in [0.3, 0.4) is 0 Å². The third-order valence-corrected chi connectivity index (χ3v) is 7.73. The second kappa shape index (κ2) is 26.4. The molecule has 1 amide bonds. The lowest BCUT2D eigenvalue weighted by Gasteiger charge is -2.15. The van der Waals surface area contributed by atoms with Crippen LogP contribution < -0.4 is 5.32 Å². The van der Waals surface area contributed by atoms with E-state index in [1.807, 2.05) is 0 Å². The van der Waals surface area contributed by atoms with E-state index in [9.17, 15) is 9.59 Å². The first kappa shape index (κ1) is 32.8. The number of hydrogen-bond donors (Lipinski definition) is 1. The van der Waals surface area contributed by atoms with Crippen molar-refractivity contribution in [3.05, 3.63) is 0 Å². The van der Waals surface area contributed by atoms with Gasteiger partial charge in [-0.3, -0.25) is 9.59 Å². The highest BCUT2D eigenvalue weighted by Crippen LogP contribution is 2.15. The molecule has 0 radical (unpaired) electrons. The van der Waals surface area contributed by atoms with Crippen molar-refractivity contribution >= 4 is 35.1 Å². The summed E-state index contributed by atoms with van der Waals surface area (Å²) in [6.07, 6.45) is 28.0. The van der Waals surface area contributed by atoms with Gasteiger partial charge >= 0.3 is 0 Å². The van der Waals surface area contributed by atoms with Crippen LogP contribution in [0, 0.1) is 0 Å². The molecule has 0 rings (SSSR count). The fraction of sp³-hybridized carbons (Fsp3) is 0.929. The number of rotatable bonds is 26. The first-order valence-electron chi connectivity index (χ1n) is 14.0. The minimum atomic E-state index is -0.435. The van der Waals surface area contributed by atoms with E-state index < -0.39 is 6.04 Å². The summed E-state index contributed by atoms with van der Waals surface area (Å²) in [7, 11) is 0. The number of Topliss-reactive ketones (excluding diaryl/α,β-unsaturated/α-hetero) is 1. The molecule has 33 heavy (non-hydrogen) atoms. The Hall–Kier alpha value is -0.220. The summed E-state index contributed by atoms with van der Waals surface area (Å²) in [4.78, 5) is 22.9. The molecule has 1 N–H and O–H groups in total. The normalized spacial score (nSPS) is 12.1. The molecule has 0 aromatic heterocycles. The summed E-state index contributed by atoms with van der Waals surface area (Å²) >= 11 is 7.36. The Kier molecular flexibility index (Phi) is 26.2. The van der Waals surface area contributed by atoms with E-state index in [-0.39, 0.29) is 17.6 Å². The SMILES string of the molecule is CCCCCCCCCCCCCCCCCCCCCCSC[C@H](NC(C)=O)C(=O)CCl. The number of ketones is 1. The van der Waals surface area contributed by atoms with Gasteiger partial charge in [0.2, 0.25) is 5.91 Å². The number of carbonyl (C=O) groups is 2. The number of carbonyl (C=O) groups excluding carboxylic acids is 2. The molecule has 0 bridgehead atoms. The lowest BCUT2D eigenvalue weighted by atomic mass is 10.0. The molecule has 0 aromatic rings. The lowest BCUT2D eigenvalue weighted by molar-refractivity contribution is -0.124. The highest BCUT2D eigenvalue weighted by Gasteiger charge is 2.17. The molecule has 196 valence electrons. The van der Waals surface area contributed by atoms with Gasteiger partial charge in [0, 0.05) is 12.7 Å². The van der Waals surface area contributed by atoms with E-state index in [2.05, 4.69) is 12.2 Å². The van der Waals surface area contributed by atoms with Crippen molar-refractivity contribution in [3.63, 3.8) is 0 Å². The summed E-state index contributed by atoms with van der Waals surface area (Å²) in [5.74, 6) is 1.38. The Balaban J connectivity index is 3.25. The molecule has 0 unspecified atom stereocenters. The van der Waals surface area contributed by atoms with Gasteiger partial charge in [0.15, 0.2) is 5.78 Å². The number of halogens is 1. The van der Waals surface area contributed by atoms with Crippen molar-refractivity contribution in [2.75, 3.05) is 17.4 Å². The Morgan fingerprint density at radius 3 is 1.36 bits per heavy atom. The van der Waals surface area contributed by atoms with Crippen molar-refractivity contribution in [3.8, 4) is 0 Å². The second-order valence-electron chi connectivity index (χ2n) is 9.65. The van der Waals surface area contributed by atoms with Crippen LogP contribution in [0.15, 0.2) is 0 Å². The summed E-state index contributed by atoms with van der Waals surface area (Å²) in [6.45, 7) is 3.73. The topological polar surface area (TPSA) is 46.2 Å². The van der Waals surface area contributed by atoms with E-state index >= 15 is 0 Å². The van der Waals surface area contributed by atoms with E-state index in [4.69, 9.17) is 11.6 Å². The van der Waals surface area contributed by atoms with Crippen LogP contribution in [0.2, 0.25) is 0 Å². The van der Waals surface area contributed by atoms with Gasteiger partial charge in [0.1, 0.15) is 0 Å². The van der Waals surface area contributed by atoms with Gasteiger partial charge < -0.3 is 5.32 Å². The van der Waals surface area contributed by atoms with Crippen molar-refractivity contribution in [2.45, 2.75) is 148 Å². The standard InChI is InChI=1S/C28H54ClNO2S/c1-3-4-5-6-7-8-9-10-11-12-13-14-15-16-17-18-19-20-21-22-23-33-25-27(28(32)24-29)30-26(2)31/h27H,3-25H2,1-2H3,(H,30,31)/t27-/m0/s1. The second-order valence-corrected chi connectivity index (χ2v) is 11.1. The highest BCUT2D eigenvalue weighted by molar-refractivity contribution is 7.99. The van der Waals surface area contributed by atoms with E-state index in [1.165, 1.54) is 135 Å². The zero-order valence-electron chi connectivity index (χ0n) is 21.9. The maximum Gasteiger partial charge on any atom is 0.217 e. The predicted octanol–water partition coefficient (Wildman–Crippen LogP) is 8.85. The quantitative estimate of drug-likeness (QED) is 0.0946. The van der Waals surface area contributed by atoms with Gasteiger partial charge in [-0.25, -0.2) is 0 Å². The molecule has 0 saturated carbocycles. The van der Waals surface area contributed by atoms with Gasteiger partial charge in [-0.15, -0.1) is 11.6 Å². The number of amides is 1. The minimum absolute atomic E-state index is 0.0369. The van der Waals surface area contributed by atoms with Gasteiger partial charge in [-0.05, 0) is 12.2 Å². The van der Waals surface area contributed by atoms with Crippen LogP contribution in [-0.2, 0) is 9.59 Å². The number of nitrogens with one attached hydrogen (secondary N) is 1. The first-order valence-corrected chi connectivity index (χ1v) is 15.7. The molecule has 0 saturated heterocycles. The summed E-state index contributed by atoms with van der Waals surface area (Å²) in [6, 6.07) is -0.435. The van der Waals surface area contributed by atoms with Crippen LogP contribution in [0.4, 0.5) is 0 Å². The maximum atomic E-state index is 11.7. The fourth-order valence-electron chi connectivity index (χ4n) is 4.21. The van der Waals surface area contributed by atoms with Crippen LogP contribution in [0.5, 0.6) is 0 Å². The van der Waals surface area contributed by atoms with Crippen molar-refractivity contribution in [1.29, 1.82) is 0 Å². The molecule has 0 aliphatic rings. The molecule has 1 atom stereocenters. The smallest absolute Gasteiger partial charge is 0.217 e. The predicted molar refractivity (Wildman–Crippen MR) is 149 cm³/mol. The van der Waals surface area contributed by atoms with Crippen LogP contribution >= 0.6 is 23.4 Å². The van der Waals surface area contributed by atoms with E-state index in [0.29, 0.717) is 5.75 Å². The summed E-state index contributed by atoms with van der Waals surface area (Å²) in [5, 5.41) is 2.70.